The van der Waals surface area contributed by atoms with Crippen LogP contribution in [0.15, 0.2) is 17.1 Å². The summed E-state index contributed by atoms with van der Waals surface area (Å²) >= 11 is 0. The number of nitrogens with one attached hydrogen (secondary N) is 1. The number of nitrogens with two attached hydrogens (primary N) is 1. The van der Waals surface area contributed by atoms with Crippen molar-refractivity contribution in [2.75, 3.05) is 12.3 Å². The maximum Gasteiger partial charge on any atom is 0.251 e. The Bertz CT molecular complexity index is 696. The van der Waals surface area contributed by atoms with E-state index in [1.165, 1.54) is 16.9 Å². The van der Waals surface area contributed by atoms with Crippen molar-refractivity contribution < 1.29 is 20.1 Å². The third kappa shape index (κ3) is 1.79. The van der Waals surface area contributed by atoms with Gasteiger partial charge in [0.1, 0.15) is 24.0 Å². The molecule has 108 valence electrons. The van der Waals surface area contributed by atoms with E-state index in [2.05, 4.69) is 10.1 Å². The number of aromatic nitrogens is 3. The van der Waals surface area contributed by atoms with Crippen LogP contribution in [-0.4, -0.2) is 55.0 Å². The quantitative estimate of drug-likeness (QED) is 0.424. The maximum absolute atomic E-state index is 11.5. The summed E-state index contributed by atoms with van der Waals surface area (Å²) < 4.78 is 6.59. The van der Waals surface area contributed by atoms with Crippen molar-refractivity contribution in [2.24, 2.45) is 0 Å². The lowest BCUT2D eigenvalue weighted by Gasteiger charge is -2.15. The van der Waals surface area contributed by atoms with Crippen LogP contribution in [0.5, 0.6) is 0 Å². The Kier molecular flexibility index (Phi) is 2.98. The molecule has 0 saturated carbocycles. The number of aromatic amines is 1. The van der Waals surface area contributed by atoms with Crippen molar-refractivity contribution in [3.05, 3.63) is 22.6 Å². The Balaban J connectivity index is 2.09. The summed E-state index contributed by atoms with van der Waals surface area (Å²) in [6.07, 6.45) is -3.02. The molecule has 1 aliphatic heterocycles. The van der Waals surface area contributed by atoms with Gasteiger partial charge in [0.25, 0.3) is 5.56 Å². The van der Waals surface area contributed by atoms with Crippen molar-refractivity contribution in [2.45, 2.75) is 24.5 Å². The van der Waals surface area contributed by atoms with Gasteiger partial charge in [-0.25, -0.2) is 4.68 Å². The summed E-state index contributed by atoms with van der Waals surface area (Å²) in [5.74, 6) is 0. The van der Waals surface area contributed by atoms with Crippen molar-refractivity contribution in [1.29, 1.82) is 0 Å². The van der Waals surface area contributed by atoms with E-state index in [1.54, 1.807) is 0 Å². The number of pyridine rings is 1. The molecule has 3 rings (SSSR count). The number of nitrogen functional groups attached to an aromatic ring is 1. The Morgan fingerprint density at radius 1 is 1.45 bits per heavy atom. The number of fused-ring (bicyclic) bond motifs is 1. The topological polar surface area (TPSA) is 147 Å². The molecule has 3 heterocycles. The molecule has 0 aliphatic carbocycles. The smallest absolute Gasteiger partial charge is 0.251 e. The first-order chi connectivity index (χ1) is 9.52. The van der Waals surface area contributed by atoms with Gasteiger partial charge in [-0.3, -0.25) is 4.79 Å². The lowest BCUT2D eigenvalue weighted by molar-refractivity contribution is -0.0566. The minimum absolute atomic E-state index is 0.252. The molecule has 4 atom stereocenters. The number of rotatable bonds is 2. The molecule has 20 heavy (non-hydrogen) atoms. The predicted molar refractivity (Wildman–Crippen MR) is 67.8 cm³/mol. The van der Waals surface area contributed by atoms with Gasteiger partial charge in [0, 0.05) is 11.8 Å². The molecule has 0 radical (unpaired) electrons. The molecule has 0 bridgehead atoms. The molecule has 9 heteroatoms. The normalized spacial score (nSPS) is 30.1. The highest BCUT2D eigenvalue weighted by atomic mass is 16.6. The first kappa shape index (κ1) is 13.1. The number of ether oxygens (including phenoxy) is 1. The highest BCUT2D eigenvalue weighted by Crippen LogP contribution is 2.31. The van der Waals surface area contributed by atoms with Crippen molar-refractivity contribution in [1.82, 2.24) is 14.8 Å². The Morgan fingerprint density at radius 3 is 2.85 bits per heavy atom. The number of hydrogen-bond acceptors (Lipinski definition) is 7. The molecule has 2 aromatic heterocycles. The van der Waals surface area contributed by atoms with Crippen molar-refractivity contribution in [3.8, 4) is 0 Å². The van der Waals surface area contributed by atoms with Gasteiger partial charge in [-0.2, -0.15) is 5.10 Å². The van der Waals surface area contributed by atoms with Crippen molar-refractivity contribution in [3.63, 3.8) is 0 Å². The second-order valence-electron chi connectivity index (χ2n) is 4.67. The molecule has 0 aromatic carbocycles. The number of nitrogens with zero attached hydrogens (tertiary/aromatic N) is 2. The average molecular weight is 282 g/mol. The second-order valence-corrected chi connectivity index (χ2v) is 4.67. The predicted octanol–water partition coefficient (Wildman–Crippen LogP) is -2.08. The van der Waals surface area contributed by atoms with E-state index in [0.29, 0.717) is 5.39 Å². The zero-order valence-corrected chi connectivity index (χ0v) is 10.3. The first-order valence-corrected chi connectivity index (χ1v) is 6.01. The van der Waals surface area contributed by atoms with E-state index in [-0.39, 0.29) is 11.3 Å². The van der Waals surface area contributed by atoms with Crippen molar-refractivity contribution >= 4 is 16.7 Å². The molecule has 0 unspecified atom stereocenters. The number of hydrogen-bond donors (Lipinski definition) is 5. The van der Waals surface area contributed by atoms with Crippen LogP contribution in [0.2, 0.25) is 0 Å². The Labute approximate surface area is 112 Å². The van der Waals surface area contributed by atoms with Gasteiger partial charge < -0.3 is 30.8 Å². The van der Waals surface area contributed by atoms with E-state index >= 15 is 0 Å². The van der Waals surface area contributed by atoms with Gasteiger partial charge in [-0.1, -0.05) is 0 Å². The fourth-order valence-corrected chi connectivity index (χ4v) is 2.34. The van der Waals surface area contributed by atoms with Crippen LogP contribution in [0.4, 0.5) is 5.69 Å². The fraction of sp³-hybridized carbons (Fsp3) is 0.455. The number of aliphatic hydroxyl groups is 3. The first-order valence-electron chi connectivity index (χ1n) is 6.01. The van der Waals surface area contributed by atoms with E-state index < -0.39 is 36.7 Å². The molecule has 6 N–H and O–H groups in total. The zero-order valence-electron chi connectivity index (χ0n) is 10.3. The lowest BCUT2D eigenvalue weighted by Crippen LogP contribution is -2.33. The molecule has 9 nitrogen and oxygen atoms in total. The van der Waals surface area contributed by atoms with Crippen LogP contribution in [-0.2, 0) is 4.74 Å². The number of H-pyrrole nitrogens is 1. The molecule has 1 fully saturated rings. The molecular weight excluding hydrogens is 268 g/mol. The summed E-state index contributed by atoms with van der Waals surface area (Å²) in [5.41, 5.74) is 5.84. The highest BCUT2D eigenvalue weighted by molar-refractivity contribution is 5.87. The van der Waals surface area contributed by atoms with E-state index in [9.17, 15) is 15.0 Å². The lowest BCUT2D eigenvalue weighted by atomic mass is 10.1. The number of aliphatic hydroxyl groups excluding tert-OH is 3. The summed E-state index contributed by atoms with van der Waals surface area (Å²) in [6, 6.07) is 1.23. The summed E-state index contributed by atoms with van der Waals surface area (Å²) in [6.45, 7) is -0.438. The van der Waals surface area contributed by atoms with Gasteiger partial charge in [-0.05, 0) is 0 Å². The van der Waals surface area contributed by atoms with Crippen LogP contribution in [0, 0.1) is 0 Å². The third-order valence-electron chi connectivity index (χ3n) is 3.39. The molecule has 2 aromatic rings. The van der Waals surface area contributed by atoms with E-state index in [1.807, 2.05) is 0 Å². The van der Waals surface area contributed by atoms with Crippen LogP contribution in [0.1, 0.15) is 6.23 Å². The fourth-order valence-electron chi connectivity index (χ4n) is 2.34. The Morgan fingerprint density at radius 2 is 2.20 bits per heavy atom. The molecule has 1 aliphatic rings. The van der Waals surface area contributed by atoms with E-state index in [0.717, 1.165) is 0 Å². The van der Waals surface area contributed by atoms with Gasteiger partial charge in [0.05, 0.1) is 18.2 Å². The SMILES string of the molecule is Nc1cc(=O)[nH]c2c1cnn2[C@@H]1O[C@H](CO)[C@@H](O)[C@H]1O. The Hall–Kier alpha value is -1.94. The second kappa shape index (κ2) is 4.56. The van der Waals surface area contributed by atoms with Crippen LogP contribution < -0.4 is 11.3 Å². The number of anilines is 1. The van der Waals surface area contributed by atoms with Crippen LogP contribution in [0.25, 0.3) is 11.0 Å². The molecular formula is C11H14N4O5. The average Bonchev–Trinajstić information content (AvgIpc) is 2.93. The van der Waals surface area contributed by atoms with Gasteiger partial charge in [0.2, 0.25) is 0 Å². The summed E-state index contributed by atoms with van der Waals surface area (Å²) in [7, 11) is 0. The molecule has 0 spiro atoms. The molecule has 1 saturated heterocycles. The van der Waals surface area contributed by atoms with Gasteiger partial charge >= 0.3 is 0 Å². The minimum atomic E-state index is -1.28. The minimum Gasteiger partial charge on any atom is -0.398 e. The highest BCUT2D eigenvalue weighted by Gasteiger charge is 2.44. The van der Waals surface area contributed by atoms with Crippen LogP contribution in [0.3, 0.4) is 0 Å². The van der Waals surface area contributed by atoms with Gasteiger partial charge in [-0.15, -0.1) is 0 Å². The third-order valence-corrected chi connectivity index (χ3v) is 3.39. The monoisotopic (exact) mass is 282 g/mol. The maximum atomic E-state index is 11.5. The van der Waals surface area contributed by atoms with Gasteiger partial charge in [0.15, 0.2) is 6.23 Å². The van der Waals surface area contributed by atoms with E-state index in [4.69, 9.17) is 15.6 Å². The molecule has 0 amide bonds. The van der Waals surface area contributed by atoms with Crippen LogP contribution >= 0.6 is 0 Å². The standard InChI is InChI=1S/C11H14N4O5/c12-5-1-7(17)14-10-4(5)2-13-15(10)11-9(19)8(18)6(3-16)20-11/h1-2,6,8-9,11,16,18-19H,3H2,(H3,12,14,17)/t6-,8-,9-,11-/m1/s1. The largest absolute Gasteiger partial charge is 0.398 e. The zero-order chi connectivity index (χ0) is 14.4. The summed E-state index contributed by atoms with van der Waals surface area (Å²) in [5, 5.41) is 33.3. The summed E-state index contributed by atoms with van der Waals surface area (Å²) in [4.78, 5) is 14.0.